The summed E-state index contributed by atoms with van der Waals surface area (Å²) in [6, 6.07) is 6.49. The summed E-state index contributed by atoms with van der Waals surface area (Å²) in [5, 5.41) is 6.14. The molecule has 0 radical (unpaired) electrons. The maximum atomic E-state index is 11.4. The first-order valence-corrected chi connectivity index (χ1v) is 8.92. The molecule has 0 bridgehead atoms. The summed E-state index contributed by atoms with van der Waals surface area (Å²) in [7, 11) is -3.19. The zero-order valence-electron chi connectivity index (χ0n) is 11.6. The van der Waals surface area contributed by atoms with Crippen LogP contribution in [0.2, 0.25) is 0 Å². The normalized spacial score (nSPS) is 11.2. The molecule has 0 aliphatic rings. The van der Waals surface area contributed by atoms with E-state index in [0.717, 1.165) is 16.7 Å². The second kappa shape index (κ2) is 6.40. The van der Waals surface area contributed by atoms with E-state index in [9.17, 15) is 8.42 Å². The van der Waals surface area contributed by atoms with Crippen LogP contribution in [-0.4, -0.2) is 31.2 Å². The predicted octanol–water partition coefficient (Wildman–Crippen LogP) is 2.82. The molecule has 2 aromatic rings. The molecule has 2 rings (SSSR count). The largest absolute Gasteiger partial charge is 0.354 e. The zero-order valence-corrected chi connectivity index (χ0v) is 14.0. The number of nitrogens with one attached hydrogen (secondary N) is 2. The average Bonchev–Trinajstić information content (AvgIpc) is 2.42. The number of nitrogens with zero attached hydrogens (tertiary/aromatic N) is 2. The van der Waals surface area contributed by atoms with Crippen molar-refractivity contribution in [2.24, 2.45) is 0 Å². The van der Waals surface area contributed by atoms with Gasteiger partial charge in [0.05, 0.1) is 9.37 Å². The third kappa shape index (κ3) is 4.15. The summed E-state index contributed by atoms with van der Waals surface area (Å²) in [5.74, 6) is 1.13. The van der Waals surface area contributed by atoms with E-state index in [0.29, 0.717) is 11.8 Å². The van der Waals surface area contributed by atoms with E-state index in [1.165, 1.54) is 6.26 Å². The standard InChI is InChI=1S/C13H15BrN4O2S/c1-3-15-13-16-8-11(14)12(18-13)17-9-4-6-10(7-5-9)21(2,19)20/h4-8H,3H2,1-2H3,(H2,15,16,17,18). The van der Waals surface area contributed by atoms with Gasteiger partial charge in [-0.2, -0.15) is 4.98 Å². The highest BCUT2D eigenvalue weighted by atomic mass is 79.9. The first-order valence-electron chi connectivity index (χ1n) is 6.23. The van der Waals surface area contributed by atoms with Crippen molar-refractivity contribution in [3.05, 3.63) is 34.9 Å². The molecule has 1 aromatic carbocycles. The molecule has 0 aliphatic carbocycles. The van der Waals surface area contributed by atoms with Crippen molar-refractivity contribution >= 4 is 43.2 Å². The van der Waals surface area contributed by atoms with Gasteiger partial charge in [-0.3, -0.25) is 0 Å². The Labute approximate surface area is 132 Å². The molecule has 0 saturated carbocycles. The highest BCUT2D eigenvalue weighted by Gasteiger charge is 2.08. The van der Waals surface area contributed by atoms with Crippen molar-refractivity contribution in [3.8, 4) is 0 Å². The van der Waals surface area contributed by atoms with Crippen LogP contribution in [0.4, 0.5) is 17.5 Å². The second-order valence-corrected chi connectivity index (χ2v) is 7.21. The fraction of sp³-hybridized carbons (Fsp3) is 0.231. The zero-order chi connectivity index (χ0) is 15.5. The lowest BCUT2D eigenvalue weighted by molar-refractivity contribution is 0.602. The molecule has 0 fully saturated rings. The summed E-state index contributed by atoms with van der Waals surface area (Å²) in [4.78, 5) is 8.74. The van der Waals surface area contributed by atoms with E-state index in [-0.39, 0.29) is 4.90 Å². The van der Waals surface area contributed by atoms with Crippen molar-refractivity contribution in [2.75, 3.05) is 23.4 Å². The Morgan fingerprint density at radius 2 is 1.90 bits per heavy atom. The predicted molar refractivity (Wildman–Crippen MR) is 86.7 cm³/mol. The summed E-state index contributed by atoms with van der Waals surface area (Å²) in [6.07, 6.45) is 2.83. The van der Waals surface area contributed by atoms with Gasteiger partial charge in [0.1, 0.15) is 5.82 Å². The lowest BCUT2D eigenvalue weighted by atomic mass is 10.3. The van der Waals surface area contributed by atoms with E-state index in [4.69, 9.17) is 0 Å². The Bertz CT molecular complexity index is 732. The summed E-state index contributed by atoms with van der Waals surface area (Å²) >= 11 is 3.37. The van der Waals surface area contributed by atoms with Crippen LogP contribution in [0.1, 0.15) is 6.92 Å². The van der Waals surface area contributed by atoms with Crippen LogP contribution in [0.15, 0.2) is 39.8 Å². The smallest absolute Gasteiger partial charge is 0.224 e. The quantitative estimate of drug-likeness (QED) is 0.841. The van der Waals surface area contributed by atoms with Crippen LogP contribution in [-0.2, 0) is 9.84 Å². The number of halogens is 1. The number of sulfone groups is 1. The van der Waals surface area contributed by atoms with Gasteiger partial charge in [0, 0.05) is 24.7 Å². The van der Waals surface area contributed by atoms with Gasteiger partial charge in [-0.05, 0) is 47.1 Å². The van der Waals surface area contributed by atoms with Crippen molar-refractivity contribution in [2.45, 2.75) is 11.8 Å². The molecule has 2 N–H and O–H groups in total. The number of hydrogen-bond acceptors (Lipinski definition) is 6. The number of benzene rings is 1. The molecule has 0 atom stereocenters. The van der Waals surface area contributed by atoms with Crippen molar-refractivity contribution in [1.82, 2.24) is 9.97 Å². The van der Waals surface area contributed by atoms with Gasteiger partial charge in [-0.25, -0.2) is 13.4 Å². The number of rotatable bonds is 5. The molecular weight excluding hydrogens is 356 g/mol. The first kappa shape index (κ1) is 15.7. The van der Waals surface area contributed by atoms with Crippen LogP contribution in [0.3, 0.4) is 0 Å². The number of anilines is 3. The first-order chi connectivity index (χ1) is 9.90. The van der Waals surface area contributed by atoms with Crippen LogP contribution in [0.25, 0.3) is 0 Å². The van der Waals surface area contributed by atoms with Gasteiger partial charge >= 0.3 is 0 Å². The van der Waals surface area contributed by atoms with Crippen LogP contribution in [0.5, 0.6) is 0 Å². The van der Waals surface area contributed by atoms with Gasteiger partial charge in [-0.15, -0.1) is 0 Å². The van der Waals surface area contributed by atoms with Crippen molar-refractivity contribution < 1.29 is 8.42 Å². The van der Waals surface area contributed by atoms with Gasteiger partial charge in [0.2, 0.25) is 5.95 Å². The molecular formula is C13H15BrN4O2S. The molecule has 1 aromatic heterocycles. The Morgan fingerprint density at radius 1 is 1.24 bits per heavy atom. The minimum Gasteiger partial charge on any atom is -0.354 e. The van der Waals surface area contributed by atoms with Gasteiger partial charge in [-0.1, -0.05) is 0 Å². The van der Waals surface area contributed by atoms with Crippen LogP contribution >= 0.6 is 15.9 Å². The van der Waals surface area contributed by atoms with E-state index >= 15 is 0 Å². The van der Waals surface area contributed by atoms with E-state index in [1.807, 2.05) is 6.92 Å². The second-order valence-electron chi connectivity index (χ2n) is 4.34. The van der Waals surface area contributed by atoms with E-state index in [1.54, 1.807) is 30.5 Å². The highest BCUT2D eigenvalue weighted by Crippen LogP contribution is 2.24. The minimum atomic E-state index is -3.19. The fourth-order valence-corrected chi connectivity index (χ4v) is 2.54. The molecule has 8 heteroatoms. The lowest BCUT2D eigenvalue weighted by Crippen LogP contribution is -2.04. The Kier molecular flexibility index (Phi) is 4.79. The van der Waals surface area contributed by atoms with Crippen LogP contribution in [0, 0.1) is 0 Å². The molecule has 1 heterocycles. The SMILES string of the molecule is CCNc1ncc(Br)c(Nc2ccc(S(C)(=O)=O)cc2)n1. The molecule has 112 valence electrons. The number of aromatic nitrogens is 2. The van der Waals surface area contributed by atoms with Gasteiger partial charge in [0.25, 0.3) is 0 Å². The van der Waals surface area contributed by atoms with Crippen molar-refractivity contribution in [3.63, 3.8) is 0 Å². The van der Waals surface area contributed by atoms with E-state index in [2.05, 4.69) is 36.5 Å². The fourth-order valence-electron chi connectivity index (χ4n) is 1.62. The average molecular weight is 371 g/mol. The maximum absolute atomic E-state index is 11.4. The Hall–Kier alpha value is -1.67. The molecule has 0 aliphatic heterocycles. The molecule has 21 heavy (non-hydrogen) atoms. The Balaban J connectivity index is 2.23. The Morgan fingerprint density at radius 3 is 2.48 bits per heavy atom. The molecule has 6 nitrogen and oxygen atoms in total. The van der Waals surface area contributed by atoms with Gasteiger partial charge in [0.15, 0.2) is 9.84 Å². The van der Waals surface area contributed by atoms with Crippen molar-refractivity contribution in [1.29, 1.82) is 0 Å². The van der Waals surface area contributed by atoms with Crippen LogP contribution < -0.4 is 10.6 Å². The monoisotopic (exact) mass is 370 g/mol. The summed E-state index contributed by atoms with van der Waals surface area (Å²) < 4.78 is 23.6. The molecule has 0 saturated heterocycles. The maximum Gasteiger partial charge on any atom is 0.224 e. The molecule has 0 unspecified atom stereocenters. The molecule has 0 spiro atoms. The third-order valence-corrected chi connectivity index (χ3v) is 4.33. The molecule has 0 amide bonds. The minimum absolute atomic E-state index is 0.281. The summed E-state index contributed by atoms with van der Waals surface area (Å²) in [5.41, 5.74) is 0.740. The third-order valence-electron chi connectivity index (χ3n) is 2.62. The topological polar surface area (TPSA) is 84.0 Å². The summed E-state index contributed by atoms with van der Waals surface area (Å²) in [6.45, 7) is 2.69. The lowest BCUT2D eigenvalue weighted by Gasteiger charge is -2.10. The highest BCUT2D eigenvalue weighted by molar-refractivity contribution is 9.10. The van der Waals surface area contributed by atoms with E-state index < -0.39 is 9.84 Å². The number of hydrogen-bond donors (Lipinski definition) is 2. The van der Waals surface area contributed by atoms with Gasteiger partial charge < -0.3 is 10.6 Å².